The van der Waals surface area contributed by atoms with Crippen molar-refractivity contribution < 1.29 is 4.74 Å². The van der Waals surface area contributed by atoms with Crippen molar-refractivity contribution in [1.29, 1.82) is 0 Å². The first-order valence-electron chi connectivity index (χ1n) is 8.54. The van der Waals surface area contributed by atoms with Crippen LogP contribution in [0.2, 0.25) is 0 Å². The fourth-order valence-corrected chi connectivity index (χ4v) is 3.48. The zero-order chi connectivity index (χ0) is 15.1. The van der Waals surface area contributed by atoms with Crippen LogP contribution < -0.4 is 10.1 Å². The molecule has 1 saturated carbocycles. The molecule has 2 heteroatoms. The number of benzene rings is 1. The van der Waals surface area contributed by atoms with Gasteiger partial charge in [-0.2, -0.15) is 0 Å². The number of hydrogen-bond acceptors (Lipinski definition) is 2. The van der Waals surface area contributed by atoms with Gasteiger partial charge < -0.3 is 10.1 Å². The molecule has 0 spiro atoms. The van der Waals surface area contributed by atoms with Gasteiger partial charge in [0.2, 0.25) is 0 Å². The molecule has 1 N–H and O–H groups in total. The predicted molar refractivity (Wildman–Crippen MR) is 90.1 cm³/mol. The molecule has 1 aromatic carbocycles. The second-order valence-corrected chi connectivity index (χ2v) is 6.95. The van der Waals surface area contributed by atoms with Gasteiger partial charge in [0.25, 0.3) is 0 Å². The summed E-state index contributed by atoms with van der Waals surface area (Å²) in [5.41, 5.74) is 1.80. The van der Waals surface area contributed by atoms with E-state index >= 15 is 0 Å². The van der Waals surface area contributed by atoms with Crippen LogP contribution in [0, 0.1) is 5.92 Å². The molecular weight excluding hydrogens is 258 g/mol. The van der Waals surface area contributed by atoms with Gasteiger partial charge in [-0.25, -0.2) is 0 Å². The quantitative estimate of drug-likeness (QED) is 0.777. The van der Waals surface area contributed by atoms with E-state index in [0.717, 1.165) is 18.9 Å². The molecule has 1 aliphatic carbocycles. The first-order chi connectivity index (χ1) is 10.2. The second kappa shape index (κ2) is 7.84. The van der Waals surface area contributed by atoms with Crippen molar-refractivity contribution >= 4 is 0 Å². The van der Waals surface area contributed by atoms with Crippen LogP contribution in [0.5, 0.6) is 5.75 Å². The number of ether oxygens (including phenoxy) is 1. The minimum atomic E-state index is 0.321. The minimum Gasteiger partial charge on any atom is -0.493 e. The molecule has 0 radical (unpaired) electrons. The van der Waals surface area contributed by atoms with Gasteiger partial charge >= 0.3 is 0 Å². The molecule has 1 aliphatic rings. The maximum atomic E-state index is 5.81. The second-order valence-electron chi connectivity index (χ2n) is 6.95. The van der Waals surface area contributed by atoms with Gasteiger partial charge in [-0.1, -0.05) is 51.7 Å². The first kappa shape index (κ1) is 16.4. The summed E-state index contributed by atoms with van der Waals surface area (Å²) in [6.45, 7) is 6.24. The van der Waals surface area contributed by atoms with Crippen molar-refractivity contribution in [2.45, 2.75) is 57.8 Å². The van der Waals surface area contributed by atoms with E-state index in [1.165, 1.54) is 44.1 Å². The Labute approximate surface area is 130 Å². The largest absolute Gasteiger partial charge is 0.493 e. The van der Waals surface area contributed by atoms with Crippen molar-refractivity contribution in [3.63, 3.8) is 0 Å². The van der Waals surface area contributed by atoms with Crippen molar-refractivity contribution in [3.8, 4) is 5.75 Å². The van der Waals surface area contributed by atoms with E-state index in [-0.39, 0.29) is 0 Å². The van der Waals surface area contributed by atoms with Crippen molar-refractivity contribution in [2.24, 2.45) is 5.92 Å². The Morgan fingerprint density at radius 2 is 1.67 bits per heavy atom. The third-order valence-corrected chi connectivity index (χ3v) is 4.63. The topological polar surface area (TPSA) is 21.3 Å². The summed E-state index contributed by atoms with van der Waals surface area (Å²) < 4.78 is 5.81. The lowest BCUT2D eigenvalue weighted by Crippen LogP contribution is -2.36. The highest BCUT2D eigenvalue weighted by atomic mass is 16.5. The number of rotatable bonds is 6. The molecule has 118 valence electrons. The van der Waals surface area contributed by atoms with Gasteiger partial charge in [-0.05, 0) is 43.5 Å². The molecule has 0 aromatic heterocycles. The molecule has 0 atom stereocenters. The normalized spacial score (nSPS) is 18.5. The summed E-state index contributed by atoms with van der Waals surface area (Å²) in [5.74, 6) is 1.57. The number of nitrogens with one attached hydrogen (secondary N) is 1. The van der Waals surface area contributed by atoms with Crippen LogP contribution in [0.1, 0.15) is 57.9 Å². The lowest BCUT2D eigenvalue weighted by atomic mass is 9.74. The monoisotopic (exact) mass is 289 g/mol. The Morgan fingerprint density at radius 3 is 2.19 bits per heavy atom. The molecule has 0 saturated heterocycles. The van der Waals surface area contributed by atoms with Crippen molar-refractivity contribution in [3.05, 3.63) is 29.8 Å². The Kier molecular flexibility index (Phi) is 6.10. The van der Waals surface area contributed by atoms with E-state index in [1.807, 2.05) is 0 Å². The van der Waals surface area contributed by atoms with Crippen LogP contribution in [0.25, 0.3) is 0 Å². The lowest BCUT2D eigenvalue weighted by molar-refractivity contribution is 0.270. The lowest BCUT2D eigenvalue weighted by Gasteiger charge is -2.33. The highest BCUT2D eigenvalue weighted by molar-refractivity contribution is 5.33. The van der Waals surface area contributed by atoms with Gasteiger partial charge in [-0.15, -0.1) is 0 Å². The molecular formula is C19H31NO. The predicted octanol–water partition coefficient (Wildman–Crippen LogP) is 4.53. The Bertz CT molecular complexity index is 402. The third-order valence-electron chi connectivity index (χ3n) is 4.63. The molecule has 0 heterocycles. The molecule has 0 bridgehead atoms. The average Bonchev–Trinajstić information content (AvgIpc) is 2.72. The van der Waals surface area contributed by atoms with Crippen LogP contribution in [0.15, 0.2) is 24.3 Å². The zero-order valence-corrected chi connectivity index (χ0v) is 14.0. The summed E-state index contributed by atoms with van der Waals surface area (Å²) >= 11 is 0. The molecule has 1 fully saturated rings. The number of likely N-dealkylation sites (N-methyl/N-ethyl adjacent to an activating group) is 1. The van der Waals surface area contributed by atoms with Gasteiger partial charge in [0.1, 0.15) is 5.75 Å². The summed E-state index contributed by atoms with van der Waals surface area (Å²) in [6, 6.07) is 8.89. The maximum absolute atomic E-state index is 5.81. The standard InChI is InChI=1S/C19H31NO/c1-16(2)14-21-18-10-8-17(9-11-18)19(15-20-3)12-6-4-5-7-13-19/h8-11,16,20H,4-7,12-15H2,1-3H3. The first-order valence-corrected chi connectivity index (χ1v) is 8.54. The fraction of sp³-hybridized carbons (Fsp3) is 0.684. The SMILES string of the molecule is CNCC1(c2ccc(OCC(C)C)cc2)CCCCCC1. The molecule has 1 aromatic rings. The maximum Gasteiger partial charge on any atom is 0.119 e. The molecule has 21 heavy (non-hydrogen) atoms. The van der Waals surface area contributed by atoms with Gasteiger partial charge in [-0.3, -0.25) is 0 Å². The van der Waals surface area contributed by atoms with Gasteiger partial charge in [0.05, 0.1) is 6.61 Å². The van der Waals surface area contributed by atoms with Gasteiger partial charge in [0.15, 0.2) is 0 Å². The molecule has 2 rings (SSSR count). The van der Waals surface area contributed by atoms with Crippen LogP contribution in [-0.4, -0.2) is 20.2 Å². The van der Waals surface area contributed by atoms with Crippen LogP contribution in [0.4, 0.5) is 0 Å². The minimum absolute atomic E-state index is 0.321. The average molecular weight is 289 g/mol. The van der Waals surface area contributed by atoms with Crippen molar-refractivity contribution in [2.75, 3.05) is 20.2 Å². The third kappa shape index (κ3) is 4.47. The Morgan fingerprint density at radius 1 is 1.05 bits per heavy atom. The highest BCUT2D eigenvalue weighted by Crippen LogP contribution is 2.38. The Balaban J connectivity index is 2.12. The summed E-state index contributed by atoms with van der Waals surface area (Å²) in [6.07, 6.45) is 8.10. The van der Waals surface area contributed by atoms with Crippen LogP contribution >= 0.6 is 0 Å². The van der Waals surface area contributed by atoms with Crippen molar-refractivity contribution in [1.82, 2.24) is 5.32 Å². The van der Waals surface area contributed by atoms with Gasteiger partial charge in [0, 0.05) is 12.0 Å². The molecule has 0 aliphatic heterocycles. The fourth-order valence-electron chi connectivity index (χ4n) is 3.48. The van der Waals surface area contributed by atoms with Crippen LogP contribution in [-0.2, 0) is 5.41 Å². The van der Waals surface area contributed by atoms with E-state index in [1.54, 1.807) is 0 Å². The summed E-state index contributed by atoms with van der Waals surface area (Å²) in [4.78, 5) is 0. The van der Waals surface area contributed by atoms with E-state index in [0.29, 0.717) is 11.3 Å². The van der Waals surface area contributed by atoms with E-state index in [4.69, 9.17) is 4.74 Å². The van der Waals surface area contributed by atoms with E-state index < -0.39 is 0 Å². The zero-order valence-electron chi connectivity index (χ0n) is 14.0. The Hall–Kier alpha value is -1.02. The number of hydrogen-bond donors (Lipinski definition) is 1. The van der Waals surface area contributed by atoms with E-state index in [2.05, 4.69) is 50.5 Å². The highest BCUT2D eigenvalue weighted by Gasteiger charge is 2.32. The molecule has 0 amide bonds. The smallest absolute Gasteiger partial charge is 0.119 e. The summed E-state index contributed by atoms with van der Waals surface area (Å²) in [5, 5.41) is 3.43. The molecule has 2 nitrogen and oxygen atoms in total. The van der Waals surface area contributed by atoms with Crippen LogP contribution in [0.3, 0.4) is 0 Å². The molecule has 0 unspecified atom stereocenters. The summed E-state index contributed by atoms with van der Waals surface area (Å²) in [7, 11) is 2.08. The van der Waals surface area contributed by atoms with E-state index in [9.17, 15) is 0 Å².